The minimum absolute atomic E-state index is 0.591. The van der Waals surface area contributed by atoms with E-state index in [0.717, 1.165) is 93.6 Å². The monoisotopic (exact) mass is 625 g/mol. The number of furan rings is 2. The molecule has 3 heterocycles. The van der Waals surface area contributed by atoms with Crippen molar-refractivity contribution < 1.29 is 8.83 Å². The van der Waals surface area contributed by atoms with Crippen molar-refractivity contribution >= 4 is 65.7 Å². The average Bonchev–Trinajstić information content (AvgIpc) is 3.82. The molecule has 0 amide bonds. The number of nitriles is 2. The van der Waals surface area contributed by atoms with Crippen LogP contribution in [0.2, 0.25) is 0 Å². The Hall–Kier alpha value is -7.08. The first-order valence-corrected chi connectivity index (χ1v) is 16.0. The molecule has 0 saturated carbocycles. The molecular formula is C44H23N3O2. The van der Waals surface area contributed by atoms with Crippen molar-refractivity contribution in [1.82, 2.24) is 4.57 Å². The zero-order valence-corrected chi connectivity index (χ0v) is 25.9. The number of hydrogen-bond donors (Lipinski definition) is 0. The summed E-state index contributed by atoms with van der Waals surface area (Å²) in [5.74, 6) is 0. The highest BCUT2D eigenvalue weighted by Crippen LogP contribution is 2.41. The molecule has 0 aliphatic carbocycles. The van der Waals surface area contributed by atoms with Crippen molar-refractivity contribution in [1.29, 1.82) is 10.5 Å². The Labute approximate surface area is 279 Å². The first kappa shape index (κ1) is 27.1. The number of fused-ring (bicyclic) bond motifs is 9. The molecule has 5 nitrogen and oxygen atoms in total. The smallest absolute Gasteiger partial charge is 0.136 e. The maximum Gasteiger partial charge on any atom is 0.136 e. The van der Waals surface area contributed by atoms with Gasteiger partial charge in [-0.3, -0.25) is 0 Å². The Morgan fingerprint density at radius 3 is 1.88 bits per heavy atom. The number of nitrogens with zero attached hydrogens (tertiary/aromatic N) is 3. The summed E-state index contributed by atoms with van der Waals surface area (Å²) < 4.78 is 14.8. The molecule has 10 aromatic rings. The van der Waals surface area contributed by atoms with Crippen LogP contribution in [-0.2, 0) is 0 Å². The van der Waals surface area contributed by atoms with Gasteiger partial charge >= 0.3 is 0 Å². The second-order valence-electron chi connectivity index (χ2n) is 12.4. The van der Waals surface area contributed by atoms with Gasteiger partial charge in [0, 0.05) is 38.0 Å². The van der Waals surface area contributed by atoms with Crippen LogP contribution in [0.5, 0.6) is 0 Å². The van der Waals surface area contributed by atoms with Gasteiger partial charge in [-0.25, -0.2) is 0 Å². The topological polar surface area (TPSA) is 78.8 Å². The summed E-state index contributed by atoms with van der Waals surface area (Å²) in [4.78, 5) is 0. The molecule has 0 aliphatic heterocycles. The zero-order chi connectivity index (χ0) is 32.6. The second kappa shape index (κ2) is 10.2. The van der Waals surface area contributed by atoms with Crippen molar-refractivity contribution in [3.05, 3.63) is 151 Å². The Bertz CT molecular complexity index is 3090. The largest absolute Gasteiger partial charge is 0.456 e. The van der Waals surface area contributed by atoms with E-state index in [1.54, 1.807) is 6.07 Å². The number of para-hydroxylation sites is 2. The van der Waals surface area contributed by atoms with Gasteiger partial charge in [-0.1, -0.05) is 54.6 Å². The van der Waals surface area contributed by atoms with E-state index in [-0.39, 0.29) is 0 Å². The number of hydrogen-bond acceptors (Lipinski definition) is 4. The molecule has 0 fully saturated rings. The van der Waals surface area contributed by atoms with Crippen LogP contribution in [0.15, 0.2) is 148 Å². The highest BCUT2D eigenvalue weighted by atomic mass is 16.3. The molecule has 3 aromatic heterocycles. The van der Waals surface area contributed by atoms with Crippen LogP contribution in [0.25, 0.3) is 93.6 Å². The van der Waals surface area contributed by atoms with Gasteiger partial charge < -0.3 is 13.4 Å². The van der Waals surface area contributed by atoms with Crippen LogP contribution in [-0.4, -0.2) is 4.57 Å². The normalized spacial score (nSPS) is 11.6. The predicted molar refractivity (Wildman–Crippen MR) is 196 cm³/mol. The minimum Gasteiger partial charge on any atom is -0.456 e. The molecule has 0 spiro atoms. The molecule has 0 atom stereocenters. The molecular weight excluding hydrogens is 603 g/mol. The fraction of sp³-hybridized carbons (Fsp3) is 0. The molecule has 0 bridgehead atoms. The maximum atomic E-state index is 9.74. The minimum atomic E-state index is 0.591. The summed E-state index contributed by atoms with van der Waals surface area (Å²) in [7, 11) is 0. The molecule has 0 aliphatic rings. The third-order valence-corrected chi connectivity index (χ3v) is 9.60. The van der Waals surface area contributed by atoms with E-state index >= 15 is 0 Å². The van der Waals surface area contributed by atoms with E-state index in [1.165, 1.54) is 0 Å². The van der Waals surface area contributed by atoms with Crippen LogP contribution in [0, 0.1) is 22.7 Å². The Morgan fingerprint density at radius 1 is 0.388 bits per heavy atom. The van der Waals surface area contributed by atoms with Crippen molar-refractivity contribution in [3.63, 3.8) is 0 Å². The van der Waals surface area contributed by atoms with E-state index in [0.29, 0.717) is 11.1 Å². The molecule has 0 unspecified atom stereocenters. The summed E-state index contributed by atoms with van der Waals surface area (Å²) in [6, 6.07) is 51.7. The molecule has 7 aromatic carbocycles. The highest BCUT2D eigenvalue weighted by molar-refractivity contribution is 6.17. The first-order chi connectivity index (χ1) is 24.1. The van der Waals surface area contributed by atoms with Crippen LogP contribution in [0.1, 0.15) is 11.1 Å². The molecule has 0 radical (unpaired) electrons. The molecule has 10 rings (SSSR count). The van der Waals surface area contributed by atoms with E-state index in [2.05, 4.69) is 89.5 Å². The standard InChI is InChI=1S/C44H23N3O2/c45-24-26-6-5-7-28(16-26)30-18-31(29-13-15-43-37(21-29)36-17-27(25-46)12-14-42(36)48-43)20-32(19-30)47-39-10-3-1-8-33(39)35-23-44-38(22-40(35)47)34-9-2-4-11-41(34)49-44/h1-23H. The van der Waals surface area contributed by atoms with Crippen molar-refractivity contribution in [2.45, 2.75) is 0 Å². The molecule has 0 N–H and O–H groups in total. The fourth-order valence-electron chi connectivity index (χ4n) is 7.33. The molecule has 5 heteroatoms. The SMILES string of the molecule is N#Cc1cccc(-c2cc(-c3ccc4oc5ccc(C#N)cc5c4c3)cc(-n3c4ccccc4c4cc5oc6ccccc6c5cc43)c2)c1. The van der Waals surface area contributed by atoms with Gasteiger partial charge in [0.25, 0.3) is 0 Å². The number of rotatable bonds is 3. The first-order valence-electron chi connectivity index (χ1n) is 16.0. The van der Waals surface area contributed by atoms with E-state index in [9.17, 15) is 10.5 Å². The third-order valence-electron chi connectivity index (χ3n) is 9.60. The molecule has 226 valence electrons. The van der Waals surface area contributed by atoms with E-state index < -0.39 is 0 Å². The third kappa shape index (κ3) is 4.10. The summed E-state index contributed by atoms with van der Waals surface area (Å²) in [5, 5.41) is 25.6. The lowest BCUT2D eigenvalue weighted by molar-refractivity contribution is 0.668. The quantitative estimate of drug-likeness (QED) is 0.196. The average molecular weight is 626 g/mol. The molecule has 0 saturated heterocycles. The highest BCUT2D eigenvalue weighted by Gasteiger charge is 2.18. The van der Waals surface area contributed by atoms with E-state index in [4.69, 9.17) is 8.83 Å². The van der Waals surface area contributed by atoms with Gasteiger partial charge in [0.2, 0.25) is 0 Å². The van der Waals surface area contributed by atoms with Crippen LogP contribution in [0.4, 0.5) is 0 Å². The molecule has 49 heavy (non-hydrogen) atoms. The number of aromatic nitrogens is 1. The second-order valence-corrected chi connectivity index (χ2v) is 12.4. The van der Waals surface area contributed by atoms with Gasteiger partial charge in [-0.15, -0.1) is 0 Å². The van der Waals surface area contributed by atoms with Gasteiger partial charge in [-0.05, 0) is 107 Å². The number of benzene rings is 7. The summed E-state index contributed by atoms with van der Waals surface area (Å²) in [6.45, 7) is 0. The van der Waals surface area contributed by atoms with Gasteiger partial charge in [0.1, 0.15) is 22.3 Å². The Kier molecular flexibility index (Phi) is 5.64. The van der Waals surface area contributed by atoms with Crippen molar-refractivity contribution in [2.75, 3.05) is 0 Å². The zero-order valence-electron chi connectivity index (χ0n) is 25.9. The summed E-state index contributed by atoms with van der Waals surface area (Å²) in [6.07, 6.45) is 0. The summed E-state index contributed by atoms with van der Waals surface area (Å²) >= 11 is 0. The van der Waals surface area contributed by atoms with Crippen molar-refractivity contribution in [2.24, 2.45) is 0 Å². The van der Waals surface area contributed by atoms with E-state index in [1.807, 2.05) is 60.7 Å². The lowest BCUT2D eigenvalue weighted by Crippen LogP contribution is -1.96. The van der Waals surface area contributed by atoms with Crippen LogP contribution in [0.3, 0.4) is 0 Å². The fourth-order valence-corrected chi connectivity index (χ4v) is 7.33. The van der Waals surface area contributed by atoms with Gasteiger partial charge in [0.05, 0.1) is 34.3 Å². The van der Waals surface area contributed by atoms with Gasteiger partial charge in [-0.2, -0.15) is 10.5 Å². The lowest BCUT2D eigenvalue weighted by Gasteiger charge is -2.14. The van der Waals surface area contributed by atoms with Crippen LogP contribution >= 0.6 is 0 Å². The van der Waals surface area contributed by atoms with Crippen LogP contribution < -0.4 is 0 Å². The summed E-state index contributed by atoms with van der Waals surface area (Å²) in [5.41, 5.74) is 11.6. The van der Waals surface area contributed by atoms with Crippen molar-refractivity contribution in [3.8, 4) is 40.1 Å². The lowest BCUT2D eigenvalue weighted by atomic mass is 9.96. The van der Waals surface area contributed by atoms with Gasteiger partial charge in [0.15, 0.2) is 0 Å². The Morgan fingerprint density at radius 2 is 1.04 bits per heavy atom. The Balaban J connectivity index is 1.28. The maximum absolute atomic E-state index is 9.74. The predicted octanol–water partition coefficient (Wildman–Crippen LogP) is 11.7.